The summed E-state index contributed by atoms with van der Waals surface area (Å²) in [5.74, 6) is -1.12. The van der Waals surface area contributed by atoms with Crippen LogP contribution in [-0.2, 0) is 25.7 Å². The molecule has 2 amide bonds. The Hall–Kier alpha value is -2.25. The van der Waals surface area contributed by atoms with E-state index in [4.69, 9.17) is 9.15 Å². The lowest BCUT2D eigenvalue weighted by molar-refractivity contribution is -0.154. The summed E-state index contributed by atoms with van der Waals surface area (Å²) in [6.07, 6.45) is 3.36. The van der Waals surface area contributed by atoms with Gasteiger partial charge in [-0.15, -0.1) is 10.2 Å². The van der Waals surface area contributed by atoms with Gasteiger partial charge >= 0.3 is 5.97 Å². The molecule has 1 saturated carbocycles. The third-order valence-corrected chi connectivity index (χ3v) is 4.14. The third kappa shape index (κ3) is 2.72. The summed E-state index contributed by atoms with van der Waals surface area (Å²) in [5.41, 5.74) is 0. The quantitative estimate of drug-likeness (QED) is 0.592. The normalized spacial score (nSPS) is 24.5. The molecule has 2 aliphatic rings. The first-order valence-corrected chi connectivity index (χ1v) is 7.36. The molecule has 22 heavy (non-hydrogen) atoms. The molecule has 1 aromatic heterocycles. The second-order valence-electron chi connectivity index (χ2n) is 5.64. The lowest BCUT2D eigenvalue weighted by Crippen LogP contribution is -2.36. The van der Waals surface area contributed by atoms with E-state index in [-0.39, 0.29) is 42.7 Å². The molecule has 2 unspecified atom stereocenters. The molecule has 0 radical (unpaired) electrons. The van der Waals surface area contributed by atoms with Gasteiger partial charge in [0.2, 0.25) is 17.7 Å². The second-order valence-corrected chi connectivity index (χ2v) is 5.64. The Morgan fingerprint density at radius 3 is 2.41 bits per heavy atom. The molecule has 0 N–H and O–H groups in total. The maximum atomic E-state index is 12.2. The standard InChI is InChI=1S/C14H17N3O5/c1-8-15-16-11(22-8)7-21-12(18)6-17-13(19)9-4-2-3-5-10(9)14(17)20/h9-10H,2-7H2,1H3. The van der Waals surface area contributed by atoms with Gasteiger partial charge in [-0.2, -0.15) is 0 Å². The lowest BCUT2D eigenvalue weighted by atomic mass is 9.81. The highest BCUT2D eigenvalue weighted by Crippen LogP contribution is 2.37. The number of fused-ring (bicyclic) bond motifs is 1. The van der Waals surface area contributed by atoms with Crippen molar-refractivity contribution in [1.29, 1.82) is 0 Å². The fourth-order valence-electron chi connectivity index (χ4n) is 3.10. The van der Waals surface area contributed by atoms with E-state index in [1.165, 1.54) is 0 Å². The number of hydrogen-bond donors (Lipinski definition) is 0. The van der Waals surface area contributed by atoms with Crippen molar-refractivity contribution in [2.75, 3.05) is 6.54 Å². The van der Waals surface area contributed by atoms with Crippen molar-refractivity contribution in [3.05, 3.63) is 11.8 Å². The number of aryl methyl sites for hydroxylation is 1. The molecule has 2 fully saturated rings. The van der Waals surface area contributed by atoms with Crippen LogP contribution in [0.15, 0.2) is 4.42 Å². The van der Waals surface area contributed by atoms with E-state index >= 15 is 0 Å². The first-order valence-electron chi connectivity index (χ1n) is 7.36. The smallest absolute Gasteiger partial charge is 0.326 e. The molecule has 1 aromatic rings. The Morgan fingerprint density at radius 2 is 1.86 bits per heavy atom. The van der Waals surface area contributed by atoms with E-state index < -0.39 is 5.97 Å². The molecular formula is C14H17N3O5. The topological polar surface area (TPSA) is 103 Å². The molecule has 8 nitrogen and oxygen atoms in total. The first kappa shape index (κ1) is 14.7. The zero-order chi connectivity index (χ0) is 15.7. The number of amides is 2. The fraction of sp³-hybridized carbons (Fsp3) is 0.643. The number of carbonyl (C=O) groups is 3. The number of nitrogens with zero attached hydrogens (tertiary/aromatic N) is 3. The van der Waals surface area contributed by atoms with Gasteiger partial charge in [-0.25, -0.2) is 0 Å². The van der Waals surface area contributed by atoms with Gasteiger partial charge in [0, 0.05) is 6.92 Å². The van der Waals surface area contributed by atoms with Gasteiger partial charge in [0.25, 0.3) is 5.89 Å². The maximum Gasteiger partial charge on any atom is 0.326 e. The lowest BCUT2D eigenvalue weighted by Gasteiger charge is -2.19. The number of rotatable bonds is 4. The van der Waals surface area contributed by atoms with Crippen LogP contribution in [0.2, 0.25) is 0 Å². The summed E-state index contributed by atoms with van der Waals surface area (Å²) < 4.78 is 10.0. The SMILES string of the molecule is Cc1nnc(COC(=O)CN2C(=O)C3CCCCC3C2=O)o1. The molecule has 2 heterocycles. The summed E-state index contributed by atoms with van der Waals surface area (Å²) in [4.78, 5) is 37.3. The zero-order valence-electron chi connectivity index (χ0n) is 12.3. The van der Waals surface area contributed by atoms with Crippen LogP contribution >= 0.6 is 0 Å². The fourth-order valence-corrected chi connectivity index (χ4v) is 3.10. The van der Waals surface area contributed by atoms with Gasteiger partial charge < -0.3 is 9.15 Å². The van der Waals surface area contributed by atoms with Crippen molar-refractivity contribution in [2.45, 2.75) is 39.2 Å². The molecule has 0 spiro atoms. The summed E-state index contributed by atoms with van der Waals surface area (Å²) in [6.45, 7) is 1.11. The van der Waals surface area contributed by atoms with E-state index in [0.29, 0.717) is 5.89 Å². The molecule has 3 rings (SSSR count). The molecule has 0 bridgehead atoms. The summed E-state index contributed by atoms with van der Waals surface area (Å²) in [7, 11) is 0. The number of likely N-dealkylation sites (tertiary alicyclic amines) is 1. The average Bonchev–Trinajstić information content (AvgIpc) is 3.03. The number of imide groups is 1. The summed E-state index contributed by atoms with van der Waals surface area (Å²) in [6, 6.07) is 0. The van der Waals surface area contributed by atoms with E-state index in [2.05, 4.69) is 10.2 Å². The van der Waals surface area contributed by atoms with E-state index in [1.807, 2.05) is 0 Å². The Labute approximate surface area is 126 Å². The molecular weight excluding hydrogens is 290 g/mol. The van der Waals surface area contributed by atoms with Crippen molar-refractivity contribution in [3.8, 4) is 0 Å². The second kappa shape index (κ2) is 5.86. The molecule has 1 saturated heterocycles. The number of ether oxygens (including phenoxy) is 1. The Morgan fingerprint density at radius 1 is 1.23 bits per heavy atom. The predicted molar refractivity (Wildman–Crippen MR) is 71.0 cm³/mol. The van der Waals surface area contributed by atoms with E-state index in [9.17, 15) is 14.4 Å². The van der Waals surface area contributed by atoms with Gasteiger partial charge in [0.05, 0.1) is 11.8 Å². The minimum absolute atomic E-state index is 0.164. The molecule has 118 valence electrons. The average molecular weight is 307 g/mol. The van der Waals surface area contributed by atoms with Crippen LogP contribution in [-0.4, -0.2) is 39.4 Å². The van der Waals surface area contributed by atoms with Crippen molar-refractivity contribution in [1.82, 2.24) is 15.1 Å². The van der Waals surface area contributed by atoms with Crippen LogP contribution in [0.1, 0.15) is 37.5 Å². The molecule has 1 aliphatic carbocycles. The summed E-state index contributed by atoms with van der Waals surface area (Å²) in [5, 5.41) is 7.31. The van der Waals surface area contributed by atoms with Crippen LogP contribution in [0.25, 0.3) is 0 Å². The monoisotopic (exact) mass is 307 g/mol. The molecule has 8 heteroatoms. The number of carbonyl (C=O) groups excluding carboxylic acids is 3. The van der Waals surface area contributed by atoms with Gasteiger partial charge in [0.1, 0.15) is 6.54 Å². The van der Waals surface area contributed by atoms with Crippen LogP contribution in [0.4, 0.5) is 0 Å². The van der Waals surface area contributed by atoms with Gasteiger partial charge in [-0.1, -0.05) is 12.8 Å². The molecule has 0 aromatic carbocycles. The summed E-state index contributed by atoms with van der Waals surface area (Å²) >= 11 is 0. The molecule has 1 aliphatic heterocycles. The Kier molecular flexibility index (Phi) is 3.91. The maximum absolute atomic E-state index is 12.2. The van der Waals surface area contributed by atoms with Gasteiger partial charge in [-0.05, 0) is 12.8 Å². The van der Waals surface area contributed by atoms with Crippen LogP contribution in [0.3, 0.4) is 0 Å². The van der Waals surface area contributed by atoms with E-state index in [0.717, 1.165) is 30.6 Å². The number of aromatic nitrogens is 2. The predicted octanol–water partition coefficient (Wildman–Crippen LogP) is 0.596. The minimum Gasteiger partial charge on any atom is -0.454 e. The Bertz CT molecular complexity index is 587. The highest BCUT2D eigenvalue weighted by atomic mass is 16.5. The number of esters is 1. The first-order chi connectivity index (χ1) is 10.6. The highest BCUT2D eigenvalue weighted by Gasteiger charge is 2.48. The van der Waals surface area contributed by atoms with Crippen molar-refractivity contribution >= 4 is 17.8 Å². The van der Waals surface area contributed by atoms with Crippen LogP contribution < -0.4 is 0 Å². The van der Waals surface area contributed by atoms with Crippen LogP contribution in [0.5, 0.6) is 0 Å². The minimum atomic E-state index is -0.656. The van der Waals surface area contributed by atoms with Crippen molar-refractivity contribution < 1.29 is 23.5 Å². The van der Waals surface area contributed by atoms with Gasteiger partial charge in [0.15, 0.2) is 6.61 Å². The van der Waals surface area contributed by atoms with Gasteiger partial charge in [-0.3, -0.25) is 19.3 Å². The van der Waals surface area contributed by atoms with Crippen molar-refractivity contribution in [3.63, 3.8) is 0 Å². The largest absolute Gasteiger partial charge is 0.454 e. The van der Waals surface area contributed by atoms with E-state index in [1.54, 1.807) is 6.92 Å². The third-order valence-electron chi connectivity index (χ3n) is 4.14. The highest BCUT2D eigenvalue weighted by molar-refractivity contribution is 6.07. The van der Waals surface area contributed by atoms with Crippen LogP contribution in [0, 0.1) is 18.8 Å². The zero-order valence-corrected chi connectivity index (χ0v) is 12.3. The molecule has 2 atom stereocenters. The number of hydrogen-bond acceptors (Lipinski definition) is 7. The van der Waals surface area contributed by atoms with Crippen molar-refractivity contribution in [2.24, 2.45) is 11.8 Å². The Balaban J connectivity index is 1.56.